The minimum atomic E-state index is -0.836. The number of ether oxygens (including phenoxy) is 4. The Morgan fingerprint density at radius 2 is 1.69 bits per heavy atom. The predicted molar refractivity (Wildman–Crippen MR) is 151 cm³/mol. The van der Waals surface area contributed by atoms with Crippen LogP contribution in [0, 0.1) is 5.92 Å². The zero-order valence-corrected chi connectivity index (χ0v) is 24.3. The number of likely N-dealkylation sites (tertiary alicyclic amines) is 1. The number of rotatable bonds is 11. The van der Waals surface area contributed by atoms with Crippen LogP contribution in [0.4, 0.5) is 0 Å². The molecule has 1 unspecified atom stereocenters. The van der Waals surface area contributed by atoms with Crippen LogP contribution in [0.1, 0.15) is 64.3 Å². The van der Waals surface area contributed by atoms with Crippen LogP contribution >= 0.6 is 0 Å². The lowest BCUT2D eigenvalue weighted by atomic mass is 9.84. The molecule has 0 bridgehead atoms. The van der Waals surface area contributed by atoms with Crippen molar-refractivity contribution in [3.8, 4) is 17.2 Å². The maximum atomic E-state index is 13.4. The number of ketones is 1. The van der Waals surface area contributed by atoms with Gasteiger partial charge < -0.3 is 29.0 Å². The summed E-state index contributed by atoms with van der Waals surface area (Å²) in [5.41, 5.74) is 1.66. The zero-order chi connectivity index (χ0) is 28.9. The molecule has 1 aliphatic rings. The molecule has 0 aromatic heterocycles. The summed E-state index contributed by atoms with van der Waals surface area (Å²) in [5.74, 6) is 0.336. The normalized spacial score (nSPS) is 17.2. The van der Waals surface area contributed by atoms with Gasteiger partial charge in [-0.2, -0.15) is 0 Å². The van der Waals surface area contributed by atoms with Crippen molar-refractivity contribution >= 4 is 17.4 Å². The van der Waals surface area contributed by atoms with Crippen LogP contribution < -0.4 is 14.2 Å². The molecule has 1 amide bonds. The average molecular weight is 540 g/mol. The maximum Gasteiger partial charge on any atom is 0.295 e. The highest BCUT2D eigenvalue weighted by atomic mass is 16.5. The van der Waals surface area contributed by atoms with Gasteiger partial charge in [-0.15, -0.1) is 0 Å². The van der Waals surface area contributed by atoms with Crippen molar-refractivity contribution in [3.05, 3.63) is 58.7 Å². The Kier molecular flexibility index (Phi) is 9.67. The van der Waals surface area contributed by atoms with Gasteiger partial charge in [0.15, 0.2) is 11.5 Å². The molecule has 2 aromatic rings. The Hall–Kier alpha value is -3.52. The smallest absolute Gasteiger partial charge is 0.295 e. The molecule has 0 saturated carbocycles. The first-order valence-electron chi connectivity index (χ1n) is 13.3. The van der Waals surface area contributed by atoms with E-state index in [0.717, 1.165) is 5.56 Å². The molecule has 39 heavy (non-hydrogen) atoms. The predicted octanol–water partition coefficient (Wildman–Crippen LogP) is 5.49. The van der Waals surface area contributed by atoms with Crippen LogP contribution in [0.2, 0.25) is 0 Å². The fourth-order valence-electron chi connectivity index (χ4n) is 4.58. The van der Waals surface area contributed by atoms with E-state index in [1.807, 2.05) is 26.8 Å². The summed E-state index contributed by atoms with van der Waals surface area (Å²) in [7, 11) is 3.09. The van der Waals surface area contributed by atoms with Gasteiger partial charge in [0.25, 0.3) is 11.7 Å². The molecule has 0 spiro atoms. The van der Waals surface area contributed by atoms with Gasteiger partial charge in [-0.3, -0.25) is 9.59 Å². The highest BCUT2D eigenvalue weighted by molar-refractivity contribution is 6.46. The van der Waals surface area contributed by atoms with Crippen LogP contribution in [0.3, 0.4) is 0 Å². The third-order valence-electron chi connectivity index (χ3n) is 6.51. The number of methoxy groups -OCH3 is 2. The number of carbonyl (C=O) groups excluding carboxylic acids is 2. The molecule has 0 aliphatic carbocycles. The topological polar surface area (TPSA) is 94.5 Å². The van der Waals surface area contributed by atoms with Crippen molar-refractivity contribution in [3.63, 3.8) is 0 Å². The summed E-state index contributed by atoms with van der Waals surface area (Å²) >= 11 is 0. The summed E-state index contributed by atoms with van der Waals surface area (Å²) in [5, 5.41) is 11.6. The molecule has 8 heteroatoms. The first kappa shape index (κ1) is 30.0. The molecule has 1 aliphatic heterocycles. The molecule has 1 atom stereocenters. The number of hydrogen-bond acceptors (Lipinski definition) is 7. The van der Waals surface area contributed by atoms with Gasteiger partial charge in [0.2, 0.25) is 0 Å². The van der Waals surface area contributed by atoms with Crippen LogP contribution in [-0.2, 0) is 19.7 Å². The number of amides is 1. The van der Waals surface area contributed by atoms with E-state index >= 15 is 0 Å². The van der Waals surface area contributed by atoms with Crippen LogP contribution in [0.15, 0.2) is 42.0 Å². The zero-order valence-electron chi connectivity index (χ0n) is 24.3. The monoisotopic (exact) mass is 539 g/mol. The lowest BCUT2D eigenvalue weighted by Gasteiger charge is -2.26. The summed E-state index contributed by atoms with van der Waals surface area (Å²) in [6.07, 6.45) is 0. The third kappa shape index (κ3) is 6.56. The molecule has 3 rings (SSSR count). The second-order valence-corrected chi connectivity index (χ2v) is 11.0. The molecule has 1 saturated heterocycles. The van der Waals surface area contributed by atoms with E-state index in [0.29, 0.717) is 41.6 Å². The van der Waals surface area contributed by atoms with Gasteiger partial charge in [0.05, 0.1) is 38.5 Å². The van der Waals surface area contributed by atoms with E-state index < -0.39 is 17.7 Å². The quantitative estimate of drug-likeness (QED) is 0.229. The summed E-state index contributed by atoms with van der Waals surface area (Å²) in [6.45, 7) is 13.5. The summed E-state index contributed by atoms with van der Waals surface area (Å²) in [6, 6.07) is 9.78. The van der Waals surface area contributed by atoms with Gasteiger partial charge in [-0.25, -0.2) is 0 Å². The van der Waals surface area contributed by atoms with Crippen LogP contribution in [0.25, 0.3) is 5.76 Å². The molecule has 2 aromatic carbocycles. The van der Waals surface area contributed by atoms with Gasteiger partial charge in [0.1, 0.15) is 11.5 Å². The number of Topliss-reactive ketones (excluding diaryl/α,β-unsaturated/α-hetero) is 1. The first-order valence-corrected chi connectivity index (χ1v) is 13.3. The van der Waals surface area contributed by atoms with E-state index in [4.69, 9.17) is 18.9 Å². The Labute approximate surface area is 231 Å². The third-order valence-corrected chi connectivity index (χ3v) is 6.51. The average Bonchev–Trinajstić information content (AvgIpc) is 3.14. The van der Waals surface area contributed by atoms with E-state index in [1.165, 1.54) is 12.0 Å². The highest BCUT2D eigenvalue weighted by Gasteiger charge is 2.46. The molecule has 212 valence electrons. The number of hydrogen-bond donors (Lipinski definition) is 1. The molecule has 8 nitrogen and oxygen atoms in total. The molecule has 1 fully saturated rings. The second kappa shape index (κ2) is 12.6. The second-order valence-electron chi connectivity index (χ2n) is 11.0. The molecular formula is C31H41NO7. The fourth-order valence-corrected chi connectivity index (χ4v) is 4.58. The lowest BCUT2D eigenvalue weighted by molar-refractivity contribution is -0.140. The van der Waals surface area contributed by atoms with E-state index in [9.17, 15) is 14.7 Å². The molecule has 0 radical (unpaired) electrons. The van der Waals surface area contributed by atoms with Gasteiger partial charge in [0, 0.05) is 24.8 Å². The minimum Gasteiger partial charge on any atom is -0.507 e. The van der Waals surface area contributed by atoms with E-state index in [-0.39, 0.29) is 35.8 Å². The van der Waals surface area contributed by atoms with Gasteiger partial charge >= 0.3 is 0 Å². The van der Waals surface area contributed by atoms with Crippen molar-refractivity contribution in [2.24, 2.45) is 5.92 Å². The standard InChI is InChI=1S/C31H41NO7/c1-9-38-23-12-11-21(16-22(23)31(4,5)6)28(33)26-27(32(14-15-36-7)30(35)29(26)34)20-10-13-24(37-8)25(17-20)39-18-19(2)3/h10-13,16-17,19,27,33H,9,14-15,18H2,1-8H3/b28-26+. The van der Waals surface area contributed by atoms with Crippen molar-refractivity contribution in [1.82, 2.24) is 4.90 Å². The Morgan fingerprint density at radius 1 is 1.00 bits per heavy atom. The Morgan fingerprint density at radius 3 is 2.28 bits per heavy atom. The van der Waals surface area contributed by atoms with Crippen molar-refractivity contribution in [1.29, 1.82) is 0 Å². The molecule has 1 N–H and O–H groups in total. The van der Waals surface area contributed by atoms with Crippen LogP contribution in [0.5, 0.6) is 17.2 Å². The fraction of sp³-hybridized carbons (Fsp3) is 0.484. The minimum absolute atomic E-state index is 0.0140. The number of carbonyl (C=O) groups is 2. The van der Waals surface area contributed by atoms with Crippen molar-refractivity contribution in [2.75, 3.05) is 40.6 Å². The van der Waals surface area contributed by atoms with Gasteiger partial charge in [-0.1, -0.05) is 40.7 Å². The molecule has 1 heterocycles. The van der Waals surface area contributed by atoms with Crippen LogP contribution in [-0.4, -0.2) is 62.3 Å². The van der Waals surface area contributed by atoms with Crippen molar-refractivity contribution in [2.45, 2.75) is 53.0 Å². The van der Waals surface area contributed by atoms with E-state index in [2.05, 4.69) is 20.8 Å². The summed E-state index contributed by atoms with van der Waals surface area (Å²) < 4.78 is 22.5. The SMILES string of the molecule is CCOc1ccc(/C(O)=C2\C(=O)C(=O)N(CCOC)C2c2ccc(OC)c(OCC(C)C)c2)cc1C(C)(C)C. The largest absolute Gasteiger partial charge is 0.507 e. The van der Waals surface area contributed by atoms with E-state index in [1.54, 1.807) is 37.4 Å². The summed E-state index contributed by atoms with van der Waals surface area (Å²) in [4.78, 5) is 28.1. The Balaban J connectivity index is 2.22. The number of nitrogens with zero attached hydrogens (tertiary/aromatic N) is 1. The van der Waals surface area contributed by atoms with Crippen molar-refractivity contribution < 1.29 is 33.6 Å². The first-order chi connectivity index (χ1) is 18.4. The number of aliphatic hydroxyl groups excluding tert-OH is 1. The number of benzene rings is 2. The molecular weight excluding hydrogens is 498 g/mol. The Bertz CT molecular complexity index is 1230. The highest BCUT2D eigenvalue weighted by Crippen LogP contribution is 2.43. The van der Waals surface area contributed by atoms with Gasteiger partial charge in [-0.05, 0) is 54.2 Å². The lowest BCUT2D eigenvalue weighted by Crippen LogP contribution is -2.32. The number of aliphatic hydroxyl groups is 1. The maximum absolute atomic E-state index is 13.4.